The lowest BCUT2D eigenvalue weighted by atomic mass is 9.90. The van der Waals surface area contributed by atoms with Crippen LogP contribution in [0.1, 0.15) is 54.3 Å². The second-order valence-electron chi connectivity index (χ2n) is 6.46. The van der Waals surface area contributed by atoms with Crippen molar-refractivity contribution in [3.05, 3.63) is 39.5 Å². The lowest BCUT2D eigenvalue weighted by Crippen LogP contribution is -2.17. The molecule has 21 heavy (non-hydrogen) atoms. The number of rotatable bonds is 2. The molecule has 0 amide bonds. The van der Waals surface area contributed by atoms with Crippen molar-refractivity contribution >= 4 is 26.8 Å². The molecule has 2 heterocycles. The van der Waals surface area contributed by atoms with E-state index in [0.29, 0.717) is 11.8 Å². The molecule has 110 valence electrons. The Morgan fingerprint density at radius 2 is 2.00 bits per heavy atom. The van der Waals surface area contributed by atoms with Crippen LogP contribution in [-0.4, -0.2) is 18.2 Å². The first-order valence-corrected chi connectivity index (χ1v) is 8.70. The van der Waals surface area contributed by atoms with Gasteiger partial charge < -0.3 is 4.74 Å². The highest BCUT2D eigenvalue weighted by Crippen LogP contribution is 2.44. The van der Waals surface area contributed by atoms with E-state index in [4.69, 9.17) is 9.72 Å². The minimum atomic E-state index is 0.527. The number of hydrogen-bond acceptors (Lipinski definition) is 2. The van der Waals surface area contributed by atoms with E-state index in [1.54, 1.807) is 0 Å². The third-order valence-electron chi connectivity index (χ3n) is 4.65. The van der Waals surface area contributed by atoms with Crippen molar-refractivity contribution in [3.8, 4) is 0 Å². The Morgan fingerprint density at radius 3 is 2.71 bits per heavy atom. The van der Waals surface area contributed by atoms with Crippen molar-refractivity contribution < 1.29 is 4.74 Å². The molecule has 2 aliphatic rings. The van der Waals surface area contributed by atoms with Crippen molar-refractivity contribution in [3.63, 3.8) is 0 Å². The van der Waals surface area contributed by atoms with Crippen LogP contribution in [-0.2, 0) is 4.74 Å². The monoisotopic (exact) mass is 345 g/mol. The topological polar surface area (TPSA) is 22.1 Å². The predicted molar refractivity (Wildman–Crippen MR) is 88.9 cm³/mol. The zero-order chi connectivity index (χ0) is 14.4. The molecule has 0 radical (unpaired) electrons. The molecule has 1 aromatic heterocycles. The van der Waals surface area contributed by atoms with Crippen LogP contribution in [0.3, 0.4) is 0 Å². The number of ether oxygens (including phenoxy) is 1. The van der Waals surface area contributed by atoms with E-state index in [1.807, 2.05) is 0 Å². The molecule has 1 saturated carbocycles. The Morgan fingerprint density at radius 1 is 1.14 bits per heavy atom. The minimum absolute atomic E-state index is 0.527. The van der Waals surface area contributed by atoms with Gasteiger partial charge in [0.1, 0.15) is 0 Å². The summed E-state index contributed by atoms with van der Waals surface area (Å²) in [5.41, 5.74) is 5.17. The van der Waals surface area contributed by atoms with E-state index >= 15 is 0 Å². The number of aromatic nitrogens is 1. The minimum Gasteiger partial charge on any atom is -0.381 e. The van der Waals surface area contributed by atoms with E-state index in [9.17, 15) is 0 Å². The summed E-state index contributed by atoms with van der Waals surface area (Å²) >= 11 is 3.71. The van der Waals surface area contributed by atoms with Crippen molar-refractivity contribution in [1.82, 2.24) is 4.98 Å². The van der Waals surface area contributed by atoms with E-state index in [2.05, 4.69) is 41.1 Å². The molecule has 1 aliphatic carbocycles. The average molecular weight is 346 g/mol. The number of fused-ring (bicyclic) bond motifs is 1. The Bertz CT molecular complexity index is 687. The first-order chi connectivity index (χ1) is 10.2. The molecule has 1 aromatic carbocycles. The largest absolute Gasteiger partial charge is 0.381 e. The lowest BCUT2D eigenvalue weighted by molar-refractivity contribution is 0.0801. The fourth-order valence-corrected chi connectivity index (χ4v) is 4.07. The van der Waals surface area contributed by atoms with Gasteiger partial charge in [-0.3, -0.25) is 4.98 Å². The number of pyridine rings is 1. The second-order valence-corrected chi connectivity index (χ2v) is 7.32. The molecule has 1 unspecified atom stereocenters. The van der Waals surface area contributed by atoms with Crippen LogP contribution < -0.4 is 0 Å². The summed E-state index contributed by atoms with van der Waals surface area (Å²) in [6.07, 6.45) is 5.00. The van der Waals surface area contributed by atoms with Crippen molar-refractivity contribution in [2.75, 3.05) is 13.2 Å². The van der Waals surface area contributed by atoms with Gasteiger partial charge in [-0.2, -0.15) is 0 Å². The van der Waals surface area contributed by atoms with Crippen LogP contribution in [0, 0.1) is 6.92 Å². The van der Waals surface area contributed by atoms with Crippen LogP contribution in [0.5, 0.6) is 0 Å². The molecule has 4 rings (SSSR count). The Balaban J connectivity index is 1.88. The maximum atomic E-state index is 5.71. The molecule has 0 N–H and O–H groups in total. The lowest BCUT2D eigenvalue weighted by Gasteiger charge is -2.25. The highest BCUT2D eigenvalue weighted by Gasteiger charge is 2.31. The molecular weight excluding hydrogens is 326 g/mol. The van der Waals surface area contributed by atoms with Gasteiger partial charge in [-0.25, -0.2) is 0 Å². The number of nitrogens with zero attached hydrogens (tertiary/aromatic N) is 1. The first-order valence-electron chi connectivity index (χ1n) is 7.91. The summed E-state index contributed by atoms with van der Waals surface area (Å²) < 4.78 is 6.87. The molecule has 1 atom stereocenters. The smallest absolute Gasteiger partial charge is 0.0719 e. The Kier molecular flexibility index (Phi) is 3.50. The van der Waals surface area contributed by atoms with Gasteiger partial charge >= 0.3 is 0 Å². The SMILES string of the molecule is Cc1cc(Br)c2cc(C3CCCOC3)c(C3CC3)nc2c1. The van der Waals surface area contributed by atoms with Gasteiger partial charge in [0.25, 0.3) is 0 Å². The predicted octanol–water partition coefficient (Wildman–Crippen LogP) is 5.08. The normalized spacial score (nSPS) is 22.7. The number of benzene rings is 1. The molecule has 2 aromatic rings. The highest BCUT2D eigenvalue weighted by atomic mass is 79.9. The summed E-state index contributed by atoms with van der Waals surface area (Å²) in [5.74, 6) is 1.21. The summed E-state index contributed by atoms with van der Waals surface area (Å²) in [5, 5.41) is 1.24. The average Bonchev–Trinajstić information content (AvgIpc) is 3.31. The van der Waals surface area contributed by atoms with Gasteiger partial charge in [-0.1, -0.05) is 15.9 Å². The summed E-state index contributed by atoms with van der Waals surface area (Å²) in [6, 6.07) is 6.76. The zero-order valence-corrected chi connectivity index (χ0v) is 13.9. The molecule has 1 saturated heterocycles. The van der Waals surface area contributed by atoms with Crippen molar-refractivity contribution in [2.24, 2.45) is 0 Å². The molecule has 3 heteroatoms. The molecule has 0 bridgehead atoms. The molecule has 0 spiro atoms. The van der Waals surface area contributed by atoms with Gasteiger partial charge in [0.05, 0.1) is 12.1 Å². The molecule has 2 nitrogen and oxygen atoms in total. The van der Waals surface area contributed by atoms with E-state index in [0.717, 1.165) is 23.2 Å². The third-order valence-corrected chi connectivity index (χ3v) is 5.31. The Hall–Kier alpha value is -0.930. The Labute approximate surface area is 134 Å². The highest BCUT2D eigenvalue weighted by molar-refractivity contribution is 9.10. The first kappa shape index (κ1) is 13.7. The number of hydrogen-bond donors (Lipinski definition) is 0. The van der Waals surface area contributed by atoms with Gasteiger partial charge in [0.2, 0.25) is 0 Å². The van der Waals surface area contributed by atoms with Crippen LogP contribution in [0.25, 0.3) is 10.9 Å². The van der Waals surface area contributed by atoms with Gasteiger partial charge in [-0.15, -0.1) is 0 Å². The van der Waals surface area contributed by atoms with Gasteiger partial charge in [-0.05, 0) is 61.9 Å². The van der Waals surface area contributed by atoms with Gasteiger partial charge in [0, 0.05) is 34.0 Å². The van der Waals surface area contributed by atoms with Crippen LogP contribution in [0.4, 0.5) is 0 Å². The fourth-order valence-electron chi connectivity index (χ4n) is 3.39. The van der Waals surface area contributed by atoms with Crippen LogP contribution in [0.2, 0.25) is 0 Å². The fraction of sp³-hybridized carbons (Fsp3) is 0.500. The van der Waals surface area contributed by atoms with E-state index in [-0.39, 0.29) is 0 Å². The van der Waals surface area contributed by atoms with Crippen LogP contribution >= 0.6 is 15.9 Å². The molecule has 1 aliphatic heterocycles. The van der Waals surface area contributed by atoms with Gasteiger partial charge in [0.15, 0.2) is 0 Å². The molecule has 2 fully saturated rings. The maximum Gasteiger partial charge on any atom is 0.0719 e. The summed E-state index contributed by atoms with van der Waals surface area (Å²) in [7, 11) is 0. The number of halogens is 1. The summed E-state index contributed by atoms with van der Waals surface area (Å²) in [6.45, 7) is 3.90. The quantitative estimate of drug-likeness (QED) is 0.757. The van der Waals surface area contributed by atoms with Crippen molar-refractivity contribution in [2.45, 2.75) is 44.4 Å². The number of aryl methyl sites for hydroxylation is 1. The standard InChI is InChI=1S/C18H20BrNO/c1-11-7-16(19)15-9-14(13-3-2-6-21-10-13)18(12-4-5-12)20-17(15)8-11/h7-9,12-13H,2-6,10H2,1H3. The molecular formula is C18H20BrNO. The summed E-state index contributed by atoms with van der Waals surface area (Å²) in [4.78, 5) is 5.05. The maximum absolute atomic E-state index is 5.71. The third kappa shape index (κ3) is 2.62. The van der Waals surface area contributed by atoms with E-state index in [1.165, 1.54) is 47.9 Å². The zero-order valence-electron chi connectivity index (χ0n) is 12.4. The van der Waals surface area contributed by atoms with Crippen LogP contribution in [0.15, 0.2) is 22.7 Å². The van der Waals surface area contributed by atoms with Crippen molar-refractivity contribution in [1.29, 1.82) is 0 Å². The second kappa shape index (κ2) is 5.36. The van der Waals surface area contributed by atoms with E-state index < -0.39 is 0 Å².